The van der Waals surface area contributed by atoms with Crippen molar-refractivity contribution in [2.45, 2.75) is 19.4 Å². The molecule has 148 valence electrons. The highest BCUT2D eigenvalue weighted by atomic mass is 35.5. The average Bonchev–Trinajstić information content (AvgIpc) is 2.70. The van der Waals surface area contributed by atoms with Crippen LogP contribution in [0.3, 0.4) is 0 Å². The average molecular weight is 420 g/mol. The summed E-state index contributed by atoms with van der Waals surface area (Å²) in [5, 5.41) is 6.60. The van der Waals surface area contributed by atoms with E-state index < -0.39 is 0 Å². The second-order valence-corrected chi connectivity index (χ2v) is 7.71. The van der Waals surface area contributed by atoms with Gasteiger partial charge in [0, 0.05) is 12.5 Å². The smallest absolute Gasteiger partial charge is 0.238 e. The number of rotatable bonds is 6. The normalized spacial score (nSPS) is 15.2. The number of piperidine rings is 1. The van der Waals surface area contributed by atoms with E-state index >= 15 is 0 Å². The number of nitrogens with one attached hydrogen (secondary N) is 2. The van der Waals surface area contributed by atoms with Gasteiger partial charge in [0.1, 0.15) is 0 Å². The maximum absolute atomic E-state index is 12.4. The van der Waals surface area contributed by atoms with Gasteiger partial charge in [-0.05, 0) is 43.6 Å². The van der Waals surface area contributed by atoms with E-state index in [1.807, 2.05) is 35.2 Å². The van der Waals surface area contributed by atoms with E-state index in [0.717, 1.165) is 18.4 Å². The van der Waals surface area contributed by atoms with Crippen molar-refractivity contribution < 1.29 is 9.59 Å². The van der Waals surface area contributed by atoms with Crippen molar-refractivity contribution in [2.75, 3.05) is 25.0 Å². The van der Waals surface area contributed by atoms with Crippen LogP contribution in [0.4, 0.5) is 5.69 Å². The van der Waals surface area contributed by atoms with Crippen molar-refractivity contribution in [2.24, 2.45) is 5.92 Å². The molecule has 0 aliphatic carbocycles. The Kier molecular flexibility index (Phi) is 7.31. The molecule has 2 N–H and O–H groups in total. The number of nitrogens with zero attached hydrogens (tertiary/aromatic N) is 1. The molecule has 0 bridgehead atoms. The maximum Gasteiger partial charge on any atom is 0.238 e. The van der Waals surface area contributed by atoms with E-state index in [0.29, 0.717) is 35.4 Å². The molecule has 5 nitrogen and oxygen atoms in total. The molecule has 0 saturated carbocycles. The van der Waals surface area contributed by atoms with Crippen LogP contribution in [0.1, 0.15) is 18.4 Å². The first-order valence-corrected chi connectivity index (χ1v) is 10.1. The minimum absolute atomic E-state index is 0.0129. The number of anilines is 1. The second kappa shape index (κ2) is 9.92. The molecule has 0 unspecified atom stereocenters. The molecular formula is C21H23Cl2N3O2. The summed E-state index contributed by atoms with van der Waals surface area (Å²) in [6.07, 6.45) is 1.47. The van der Waals surface area contributed by atoms with Crippen molar-refractivity contribution in [3.63, 3.8) is 0 Å². The van der Waals surface area contributed by atoms with Crippen LogP contribution in [-0.4, -0.2) is 36.3 Å². The lowest BCUT2D eigenvalue weighted by Crippen LogP contribution is -2.43. The third-order valence-electron chi connectivity index (χ3n) is 4.86. The molecule has 0 atom stereocenters. The van der Waals surface area contributed by atoms with E-state index in [1.165, 1.54) is 0 Å². The Morgan fingerprint density at radius 1 is 0.964 bits per heavy atom. The van der Waals surface area contributed by atoms with Gasteiger partial charge in [0.05, 0.1) is 22.3 Å². The first kappa shape index (κ1) is 20.6. The SMILES string of the molecule is O=C(CN1CCC(C(=O)NCc2ccccc2)CC1)Nc1c(Cl)cccc1Cl. The minimum atomic E-state index is -0.165. The molecule has 28 heavy (non-hydrogen) atoms. The number of amides is 2. The lowest BCUT2D eigenvalue weighted by Gasteiger charge is -2.30. The van der Waals surface area contributed by atoms with Gasteiger partial charge in [-0.1, -0.05) is 59.6 Å². The first-order chi connectivity index (χ1) is 13.5. The summed E-state index contributed by atoms with van der Waals surface area (Å²) in [5.41, 5.74) is 1.52. The third kappa shape index (κ3) is 5.71. The number of hydrogen-bond acceptors (Lipinski definition) is 3. The third-order valence-corrected chi connectivity index (χ3v) is 5.49. The van der Waals surface area contributed by atoms with E-state index in [2.05, 4.69) is 10.6 Å². The summed E-state index contributed by atoms with van der Waals surface area (Å²) >= 11 is 12.2. The van der Waals surface area contributed by atoms with Crippen molar-refractivity contribution in [1.82, 2.24) is 10.2 Å². The van der Waals surface area contributed by atoms with Crippen LogP contribution in [0.15, 0.2) is 48.5 Å². The molecule has 2 amide bonds. The Hall–Kier alpha value is -2.08. The summed E-state index contributed by atoms with van der Waals surface area (Å²) in [7, 11) is 0. The molecule has 1 fully saturated rings. The van der Waals surface area contributed by atoms with Crippen molar-refractivity contribution in [3.05, 3.63) is 64.1 Å². The molecule has 1 heterocycles. The number of benzene rings is 2. The number of para-hydroxylation sites is 1. The number of halogens is 2. The molecular weight excluding hydrogens is 397 g/mol. The summed E-state index contributed by atoms with van der Waals surface area (Å²) in [5.74, 6) is -0.0983. The van der Waals surface area contributed by atoms with Gasteiger partial charge < -0.3 is 10.6 Å². The fraction of sp³-hybridized carbons (Fsp3) is 0.333. The van der Waals surface area contributed by atoms with Gasteiger partial charge >= 0.3 is 0 Å². The summed E-state index contributed by atoms with van der Waals surface area (Å²) in [4.78, 5) is 26.7. The van der Waals surface area contributed by atoms with Gasteiger partial charge in [0.2, 0.25) is 11.8 Å². The molecule has 1 aliphatic rings. The van der Waals surface area contributed by atoms with E-state index in [4.69, 9.17) is 23.2 Å². The van der Waals surface area contributed by atoms with Crippen LogP contribution in [-0.2, 0) is 16.1 Å². The molecule has 0 spiro atoms. The summed E-state index contributed by atoms with van der Waals surface area (Å²) < 4.78 is 0. The Morgan fingerprint density at radius 3 is 2.25 bits per heavy atom. The highest BCUT2D eigenvalue weighted by molar-refractivity contribution is 6.39. The van der Waals surface area contributed by atoms with Crippen LogP contribution >= 0.6 is 23.2 Å². The van der Waals surface area contributed by atoms with Gasteiger partial charge in [0.15, 0.2) is 0 Å². The Bertz CT molecular complexity index is 801. The van der Waals surface area contributed by atoms with Crippen LogP contribution in [0.5, 0.6) is 0 Å². The first-order valence-electron chi connectivity index (χ1n) is 9.31. The molecule has 3 rings (SSSR count). The highest BCUT2D eigenvalue weighted by Crippen LogP contribution is 2.29. The Morgan fingerprint density at radius 2 is 1.61 bits per heavy atom. The fourth-order valence-corrected chi connectivity index (χ4v) is 3.77. The van der Waals surface area contributed by atoms with Gasteiger partial charge in [-0.3, -0.25) is 14.5 Å². The zero-order valence-electron chi connectivity index (χ0n) is 15.5. The monoisotopic (exact) mass is 419 g/mol. The highest BCUT2D eigenvalue weighted by Gasteiger charge is 2.26. The quantitative estimate of drug-likeness (QED) is 0.744. The van der Waals surface area contributed by atoms with Gasteiger partial charge in [-0.2, -0.15) is 0 Å². The predicted molar refractivity (Wildman–Crippen MR) is 113 cm³/mol. The number of hydrogen-bond donors (Lipinski definition) is 2. The maximum atomic E-state index is 12.4. The fourth-order valence-electron chi connectivity index (χ4n) is 3.28. The number of carbonyl (C=O) groups excluding carboxylic acids is 2. The lowest BCUT2D eigenvalue weighted by molar-refractivity contribution is -0.126. The van der Waals surface area contributed by atoms with Crippen LogP contribution < -0.4 is 10.6 Å². The predicted octanol–water partition coefficient (Wildman–Crippen LogP) is 3.96. The lowest BCUT2D eigenvalue weighted by atomic mass is 9.96. The molecule has 0 aromatic heterocycles. The minimum Gasteiger partial charge on any atom is -0.352 e. The Balaban J connectivity index is 1.42. The molecule has 1 saturated heterocycles. The topological polar surface area (TPSA) is 61.4 Å². The summed E-state index contributed by atoms with van der Waals surface area (Å²) in [6, 6.07) is 15.0. The van der Waals surface area contributed by atoms with E-state index in [9.17, 15) is 9.59 Å². The van der Waals surface area contributed by atoms with E-state index in [-0.39, 0.29) is 24.3 Å². The zero-order valence-corrected chi connectivity index (χ0v) is 17.0. The van der Waals surface area contributed by atoms with Crippen LogP contribution in [0.25, 0.3) is 0 Å². The molecule has 1 aliphatic heterocycles. The van der Waals surface area contributed by atoms with E-state index in [1.54, 1.807) is 18.2 Å². The molecule has 2 aromatic carbocycles. The second-order valence-electron chi connectivity index (χ2n) is 6.90. The summed E-state index contributed by atoms with van der Waals surface area (Å²) in [6.45, 7) is 2.20. The van der Waals surface area contributed by atoms with Gasteiger partial charge in [0.25, 0.3) is 0 Å². The van der Waals surface area contributed by atoms with Gasteiger partial charge in [-0.15, -0.1) is 0 Å². The Labute approximate surface area is 175 Å². The van der Waals surface area contributed by atoms with Crippen LogP contribution in [0.2, 0.25) is 10.0 Å². The molecule has 2 aromatic rings. The van der Waals surface area contributed by atoms with Crippen LogP contribution in [0, 0.1) is 5.92 Å². The number of carbonyl (C=O) groups is 2. The standard InChI is InChI=1S/C21H23Cl2N3O2/c22-17-7-4-8-18(23)20(17)25-19(27)14-26-11-9-16(10-12-26)21(28)24-13-15-5-2-1-3-6-15/h1-8,16H,9-14H2,(H,24,28)(H,25,27). The molecule has 0 radical (unpaired) electrons. The van der Waals surface area contributed by atoms with Gasteiger partial charge in [-0.25, -0.2) is 0 Å². The number of likely N-dealkylation sites (tertiary alicyclic amines) is 1. The van der Waals surface area contributed by atoms with Crippen molar-refractivity contribution in [3.8, 4) is 0 Å². The zero-order chi connectivity index (χ0) is 19.9. The largest absolute Gasteiger partial charge is 0.352 e. The molecule has 7 heteroatoms. The van der Waals surface area contributed by atoms with Crippen molar-refractivity contribution >= 4 is 40.7 Å². The van der Waals surface area contributed by atoms with Crippen molar-refractivity contribution in [1.29, 1.82) is 0 Å².